The molecule has 2 aliphatic heterocycles. The van der Waals surface area contributed by atoms with Crippen molar-refractivity contribution < 1.29 is 29.5 Å². The smallest absolute Gasteiger partial charge is 0.265 e. The van der Waals surface area contributed by atoms with Gasteiger partial charge >= 0.3 is 0 Å². The van der Waals surface area contributed by atoms with E-state index < -0.39 is 22.2 Å². The number of hydrogen-bond donors (Lipinski definition) is 2. The number of ether oxygens (including phenoxy) is 2. The molecule has 6 nitrogen and oxygen atoms in total. The van der Waals surface area contributed by atoms with E-state index in [1.165, 1.54) is 0 Å². The highest BCUT2D eigenvalue weighted by atomic mass is 17.3. The number of aromatic hydroxyl groups is 2. The summed E-state index contributed by atoms with van der Waals surface area (Å²) in [6.07, 6.45) is 0. The molecule has 2 saturated heterocycles. The van der Waals surface area contributed by atoms with Crippen LogP contribution < -0.4 is 4.74 Å². The lowest BCUT2D eigenvalue weighted by atomic mass is 9.57. The van der Waals surface area contributed by atoms with Crippen molar-refractivity contribution in [3.05, 3.63) is 66.2 Å². The van der Waals surface area contributed by atoms with Crippen LogP contribution in [-0.2, 0) is 20.3 Å². The molecular formula is C31H32O6. The van der Waals surface area contributed by atoms with Crippen molar-refractivity contribution in [1.82, 2.24) is 0 Å². The van der Waals surface area contributed by atoms with Crippen molar-refractivity contribution in [2.45, 2.75) is 46.0 Å². The molecule has 6 rings (SSSR count). The van der Waals surface area contributed by atoms with Gasteiger partial charge in [0.15, 0.2) is 5.60 Å². The molecule has 0 aliphatic carbocycles. The monoisotopic (exact) mass is 500 g/mol. The van der Waals surface area contributed by atoms with Gasteiger partial charge in [-0.2, -0.15) is 4.89 Å². The summed E-state index contributed by atoms with van der Waals surface area (Å²) >= 11 is 0. The number of phenolic OH excluding ortho intramolecular Hbond substituents is 2. The van der Waals surface area contributed by atoms with Crippen molar-refractivity contribution in [2.75, 3.05) is 13.7 Å². The highest BCUT2D eigenvalue weighted by Crippen LogP contribution is 2.70. The van der Waals surface area contributed by atoms with Crippen molar-refractivity contribution in [3.8, 4) is 28.4 Å². The lowest BCUT2D eigenvalue weighted by Crippen LogP contribution is -2.73. The zero-order chi connectivity index (χ0) is 26.4. The van der Waals surface area contributed by atoms with E-state index >= 15 is 0 Å². The van der Waals surface area contributed by atoms with Crippen molar-refractivity contribution in [1.29, 1.82) is 0 Å². The first-order valence-corrected chi connectivity index (χ1v) is 12.5. The van der Waals surface area contributed by atoms with Crippen molar-refractivity contribution >= 4 is 21.5 Å². The third-order valence-corrected chi connectivity index (χ3v) is 8.20. The summed E-state index contributed by atoms with van der Waals surface area (Å²) in [5.41, 5.74) is 0.106. The van der Waals surface area contributed by atoms with Crippen LogP contribution in [-0.4, -0.2) is 29.5 Å². The van der Waals surface area contributed by atoms with Gasteiger partial charge < -0.3 is 19.7 Å². The maximum atomic E-state index is 12.2. The van der Waals surface area contributed by atoms with Gasteiger partial charge in [-0.05, 0) is 51.9 Å². The molecule has 37 heavy (non-hydrogen) atoms. The van der Waals surface area contributed by atoms with E-state index in [2.05, 4.69) is 34.6 Å². The first-order chi connectivity index (χ1) is 17.5. The number of phenols is 2. The first kappa shape index (κ1) is 24.0. The molecular weight excluding hydrogens is 468 g/mol. The average Bonchev–Trinajstić information content (AvgIpc) is 2.99. The van der Waals surface area contributed by atoms with Crippen molar-refractivity contribution in [3.63, 3.8) is 0 Å². The van der Waals surface area contributed by atoms with Gasteiger partial charge in [-0.25, -0.2) is 4.89 Å². The predicted octanol–water partition coefficient (Wildman–Crippen LogP) is 7.04. The summed E-state index contributed by atoms with van der Waals surface area (Å²) in [6, 6.07) is 18.9. The minimum absolute atomic E-state index is 0.0301. The molecule has 4 aromatic rings. The van der Waals surface area contributed by atoms with Crippen molar-refractivity contribution in [2.24, 2.45) is 10.8 Å². The van der Waals surface area contributed by atoms with Crippen LogP contribution >= 0.6 is 0 Å². The van der Waals surface area contributed by atoms with E-state index in [-0.39, 0.29) is 11.5 Å². The first-order valence-electron chi connectivity index (χ1n) is 12.5. The number of hydrogen-bond acceptors (Lipinski definition) is 6. The molecule has 0 unspecified atom stereocenters. The zero-order valence-corrected chi connectivity index (χ0v) is 22.0. The molecule has 0 radical (unpaired) electrons. The number of fused-ring (bicyclic) bond motifs is 3. The minimum Gasteiger partial charge on any atom is -0.508 e. The van der Waals surface area contributed by atoms with Gasteiger partial charge in [0.1, 0.15) is 17.2 Å². The van der Waals surface area contributed by atoms with Crippen LogP contribution in [0.15, 0.2) is 60.7 Å². The second-order valence-corrected chi connectivity index (χ2v) is 11.8. The summed E-state index contributed by atoms with van der Waals surface area (Å²) in [6.45, 7) is 10.9. The normalized spacial score (nSPS) is 24.7. The third kappa shape index (κ3) is 2.92. The molecule has 192 valence electrons. The molecule has 2 aliphatic rings. The Morgan fingerprint density at radius 3 is 2.24 bits per heavy atom. The number of benzene rings is 4. The summed E-state index contributed by atoms with van der Waals surface area (Å²) in [4.78, 5) is 11.9. The number of methoxy groups -OCH3 is 1. The molecule has 6 heteroatoms. The molecule has 2 fully saturated rings. The fraction of sp³-hybridized carbons (Fsp3) is 0.355. The van der Waals surface area contributed by atoms with Gasteiger partial charge in [0.05, 0.1) is 19.3 Å². The molecule has 4 aromatic carbocycles. The van der Waals surface area contributed by atoms with Crippen LogP contribution in [0.5, 0.6) is 17.2 Å². The molecule has 0 bridgehead atoms. The zero-order valence-electron chi connectivity index (χ0n) is 22.0. The molecule has 2 heterocycles. The van der Waals surface area contributed by atoms with Gasteiger partial charge in [-0.3, -0.25) is 0 Å². The van der Waals surface area contributed by atoms with Crippen LogP contribution in [0.3, 0.4) is 0 Å². The molecule has 0 aromatic heterocycles. The predicted molar refractivity (Wildman–Crippen MR) is 143 cm³/mol. The van der Waals surface area contributed by atoms with Crippen LogP contribution in [0.4, 0.5) is 0 Å². The maximum Gasteiger partial charge on any atom is 0.265 e. The SMILES string of the molecule is COc1ccc2ccccc2c1-c1c(O)c([C@@]23OCC(C)(C)[C@]2(C(C)(C)C)OO3)cc2cc(O)ccc12. The maximum absolute atomic E-state index is 12.2. The lowest BCUT2D eigenvalue weighted by molar-refractivity contribution is -0.626. The Kier molecular flexibility index (Phi) is 4.94. The standard InChI is InChI=1S/C31H32O6/c1-28(2,3)31-29(4,5)17-35-30(31,36-37-31)23-16-19-15-20(32)12-13-22(19)26(27(23)33)25-21-10-8-7-9-18(21)11-14-24(25)34-6/h7-16,32-33H,17H2,1-6H3/t30-,31-/m0/s1. The fourth-order valence-electron chi connectivity index (χ4n) is 6.78. The van der Waals surface area contributed by atoms with E-state index in [1.807, 2.05) is 48.5 Å². The van der Waals surface area contributed by atoms with Crippen LogP contribution in [0.25, 0.3) is 32.7 Å². The van der Waals surface area contributed by atoms with E-state index in [9.17, 15) is 10.2 Å². The van der Waals surface area contributed by atoms with E-state index in [1.54, 1.807) is 19.2 Å². The Balaban J connectivity index is 1.76. The summed E-state index contributed by atoms with van der Waals surface area (Å²) in [7, 11) is 1.62. The highest BCUT2D eigenvalue weighted by Gasteiger charge is 2.81. The Labute approximate surface area is 216 Å². The highest BCUT2D eigenvalue weighted by molar-refractivity contribution is 6.10. The van der Waals surface area contributed by atoms with Gasteiger partial charge in [0, 0.05) is 22.0 Å². The average molecular weight is 501 g/mol. The van der Waals surface area contributed by atoms with Crippen LogP contribution in [0.1, 0.15) is 40.2 Å². The van der Waals surface area contributed by atoms with Crippen LogP contribution in [0, 0.1) is 10.8 Å². The summed E-state index contributed by atoms with van der Waals surface area (Å²) < 4.78 is 12.3. The minimum atomic E-state index is -1.34. The summed E-state index contributed by atoms with van der Waals surface area (Å²) in [5.74, 6) is -0.565. The van der Waals surface area contributed by atoms with E-state index in [4.69, 9.17) is 19.2 Å². The van der Waals surface area contributed by atoms with Crippen LogP contribution in [0.2, 0.25) is 0 Å². The summed E-state index contributed by atoms with van der Waals surface area (Å²) in [5, 5.41) is 26.0. The number of rotatable bonds is 3. The second-order valence-electron chi connectivity index (χ2n) is 11.8. The molecule has 2 N–H and O–H groups in total. The van der Waals surface area contributed by atoms with E-state index in [0.29, 0.717) is 23.5 Å². The second kappa shape index (κ2) is 7.60. The Morgan fingerprint density at radius 1 is 0.838 bits per heavy atom. The third-order valence-electron chi connectivity index (χ3n) is 8.20. The van der Waals surface area contributed by atoms with Gasteiger partial charge in [0.25, 0.3) is 5.79 Å². The molecule has 0 saturated carbocycles. The Bertz CT molecular complexity index is 1570. The van der Waals surface area contributed by atoms with Gasteiger partial charge in [-0.1, -0.05) is 65.0 Å². The Morgan fingerprint density at radius 2 is 1.57 bits per heavy atom. The van der Waals surface area contributed by atoms with Gasteiger partial charge in [-0.15, -0.1) is 0 Å². The van der Waals surface area contributed by atoms with E-state index in [0.717, 1.165) is 27.1 Å². The Hall–Kier alpha value is -3.32. The lowest BCUT2D eigenvalue weighted by Gasteiger charge is -2.61. The molecule has 0 amide bonds. The topological polar surface area (TPSA) is 77.4 Å². The molecule has 2 atom stereocenters. The quantitative estimate of drug-likeness (QED) is 0.294. The fourth-order valence-corrected chi connectivity index (χ4v) is 6.78. The molecule has 0 spiro atoms. The largest absolute Gasteiger partial charge is 0.508 e. The van der Waals surface area contributed by atoms with Gasteiger partial charge in [0.2, 0.25) is 0 Å².